The summed E-state index contributed by atoms with van der Waals surface area (Å²) >= 11 is 12.8. The highest BCUT2D eigenvalue weighted by Crippen LogP contribution is 2.25. The van der Waals surface area contributed by atoms with Crippen molar-refractivity contribution in [2.75, 3.05) is 0 Å². The molecular weight excluding hydrogens is 265 g/mol. The van der Waals surface area contributed by atoms with Crippen molar-refractivity contribution < 1.29 is 4.79 Å². The Kier molecular flexibility index (Phi) is 5.14. The summed E-state index contributed by atoms with van der Waals surface area (Å²) in [4.78, 5) is 11.3. The average molecular weight is 274 g/mol. The molecule has 0 saturated heterocycles. The number of nitriles is 1. The van der Waals surface area contributed by atoms with E-state index < -0.39 is 0 Å². The molecule has 0 bridgehead atoms. The van der Waals surface area contributed by atoms with E-state index in [-0.39, 0.29) is 11.0 Å². The van der Waals surface area contributed by atoms with Gasteiger partial charge < -0.3 is 0 Å². The van der Waals surface area contributed by atoms with E-state index in [4.69, 9.17) is 28.5 Å². The summed E-state index contributed by atoms with van der Waals surface area (Å²) in [6.07, 6.45) is 0.424. The van der Waals surface area contributed by atoms with Gasteiger partial charge in [0.15, 0.2) is 0 Å². The number of thiocyanates is 1. The smallest absolute Gasteiger partial charge is 0.144 e. The Morgan fingerprint density at radius 2 is 2.25 bits per heavy atom. The minimum atomic E-state index is -0.388. The van der Waals surface area contributed by atoms with Crippen LogP contribution in [0, 0.1) is 10.7 Å². The van der Waals surface area contributed by atoms with Gasteiger partial charge in [-0.2, -0.15) is 5.26 Å². The minimum Gasteiger partial charge on any atom is -0.299 e. The Balaban J connectivity index is 2.89. The molecule has 0 aromatic heterocycles. The molecule has 1 unspecified atom stereocenters. The number of carbonyl (C=O) groups excluding carboxylic acids is 1. The third kappa shape index (κ3) is 3.71. The molecule has 16 heavy (non-hydrogen) atoms. The number of Topliss-reactive ketones (excluding diaryl/α,β-unsaturated/α-hetero) is 1. The number of halogens is 2. The molecule has 0 heterocycles. The molecule has 2 nitrogen and oxygen atoms in total. The Hall–Kier alpha value is -0.690. The highest BCUT2D eigenvalue weighted by Gasteiger charge is 2.17. The second kappa shape index (κ2) is 6.15. The highest BCUT2D eigenvalue weighted by atomic mass is 35.5. The van der Waals surface area contributed by atoms with Gasteiger partial charge in [-0.3, -0.25) is 4.79 Å². The van der Waals surface area contributed by atoms with Gasteiger partial charge >= 0.3 is 0 Å². The van der Waals surface area contributed by atoms with Crippen LogP contribution in [0.15, 0.2) is 18.2 Å². The number of hydrogen-bond acceptors (Lipinski definition) is 3. The maximum atomic E-state index is 11.3. The van der Waals surface area contributed by atoms with E-state index in [2.05, 4.69) is 0 Å². The molecule has 84 valence electrons. The fourth-order valence-corrected chi connectivity index (χ4v) is 2.18. The first-order valence-corrected chi connectivity index (χ1v) is 6.17. The number of thioether (sulfide) groups is 1. The summed E-state index contributed by atoms with van der Waals surface area (Å²) in [5.74, 6) is -0.0393. The Bertz CT molecular complexity index is 442. The van der Waals surface area contributed by atoms with Gasteiger partial charge in [0, 0.05) is 10.0 Å². The van der Waals surface area contributed by atoms with Crippen LogP contribution in [0.4, 0.5) is 0 Å². The van der Waals surface area contributed by atoms with Crippen LogP contribution in [0.1, 0.15) is 12.5 Å². The summed E-state index contributed by atoms with van der Waals surface area (Å²) in [6, 6.07) is 5.10. The molecule has 1 rings (SSSR count). The Morgan fingerprint density at radius 1 is 1.56 bits per heavy atom. The van der Waals surface area contributed by atoms with E-state index >= 15 is 0 Å². The first-order valence-electron chi connectivity index (χ1n) is 4.53. The lowest BCUT2D eigenvalue weighted by Crippen LogP contribution is -2.16. The van der Waals surface area contributed by atoms with Crippen molar-refractivity contribution in [1.29, 1.82) is 5.26 Å². The molecule has 5 heteroatoms. The van der Waals surface area contributed by atoms with Crippen LogP contribution >= 0.6 is 35.0 Å². The van der Waals surface area contributed by atoms with Crippen molar-refractivity contribution in [2.24, 2.45) is 0 Å². The van der Waals surface area contributed by atoms with E-state index in [0.717, 1.165) is 17.3 Å². The van der Waals surface area contributed by atoms with Gasteiger partial charge in [-0.25, -0.2) is 0 Å². The second-order valence-electron chi connectivity index (χ2n) is 3.25. The van der Waals surface area contributed by atoms with Crippen LogP contribution in [0.2, 0.25) is 10.0 Å². The summed E-state index contributed by atoms with van der Waals surface area (Å²) in [6.45, 7) is 1.47. The molecule has 0 radical (unpaired) electrons. The molecule has 0 spiro atoms. The third-order valence-electron chi connectivity index (χ3n) is 2.06. The number of carbonyl (C=O) groups is 1. The monoisotopic (exact) mass is 273 g/mol. The van der Waals surface area contributed by atoms with Crippen molar-refractivity contribution in [3.8, 4) is 5.40 Å². The van der Waals surface area contributed by atoms with Crippen LogP contribution in [-0.2, 0) is 11.2 Å². The lowest BCUT2D eigenvalue weighted by atomic mass is 10.1. The van der Waals surface area contributed by atoms with Gasteiger partial charge in [0.1, 0.15) is 11.2 Å². The van der Waals surface area contributed by atoms with Crippen LogP contribution < -0.4 is 0 Å². The zero-order chi connectivity index (χ0) is 12.1. The normalized spacial score (nSPS) is 11.9. The maximum absolute atomic E-state index is 11.3. The van der Waals surface area contributed by atoms with Crippen molar-refractivity contribution in [2.45, 2.75) is 18.6 Å². The van der Waals surface area contributed by atoms with E-state index in [0.29, 0.717) is 16.5 Å². The summed E-state index contributed by atoms with van der Waals surface area (Å²) in [5, 5.41) is 11.3. The molecule has 1 aromatic rings. The number of rotatable bonds is 4. The molecule has 0 amide bonds. The van der Waals surface area contributed by atoms with Crippen molar-refractivity contribution in [3.63, 3.8) is 0 Å². The SMILES string of the molecule is CC(=O)C(Cc1cc(Cl)ccc1Cl)SC#N. The molecular formula is C11H9Cl2NOS. The Labute approximate surface area is 109 Å². The molecule has 1 aromatic carbocycles. The van der Waals surface area contributed by atoms with Gasteiger partial charge in [0.2, 0.25) is 0 Å². The van der Waals surface area contributed by atoms with Crippen molar-refractivity contribution >= 4 is 40.7 Å². The van der Waals surface area contributed by atoms with Gasteiger partial charge in [-0.15, -0.1) is 0 Å². The standard InChI is InChI=1S/C11H9Cl2NOS/c1-7(15)11(16-6-14)5-8-4-9(12)2-3-10(8)13/h2-4,11H,5H2,1H3. The lowest BCUT2D eigenvalue weighted by Gasteiger charge is -2.10. The number of nitrogens with zero attached hydrogens (tertiary/aromatic N) is 1. The topological polar surface area (TPSA) is 40.9 Å². The molecule has 0 N–H and O–H groups in total. The van der Waals surface area contributed by atoms with Crippen molar-refractivity contribution in [3.05, 3.63) is 33.8 Å². The van der Waals surface area contributed by atoms with E-state index in [1.807, 2.05) is 5.40 Å². The number of hydrogen-bond donors (Lipinski definition) is 0. The van der Waals surface area contributed by atoms with E-state index in [9.17, 15) is 4.79 Å². The largest absolute Gasteiger partial charge is 0.299 e. The predicted molar refractivity (Wildman–Crippen MR) is 67.8 cm³/mol. The average Bonchev–Trinajstić information content (AvgIpc) is 2.22. The molecule has 0 saturated carbocycles. The van der Waals surface area contributed by atoms with E-state index in [1.54, 1.807) is 18.2 Å². The molecule has 1 atom stereocenters. The molecule has 0 aliphatic carbocycles. The number of benzene rings is 1. The van der Waals surface area contributed by atoms with Crippen LogP contribution in [0.25, 0.3) is 0 Å². The van der Waals surface area contributed by atoms with E-state index in [1.165, 1.54) is 6.92 Å². The summed E-state index contributed by atoms with van der Waals surface area (Å²) in [5.41, 5.74) is 0.789. The zero-order valence-corrected chi connectivity index (χ0v) is 10.9. The summed E-state index contributed by atoms with van der Waals surface area (Å²) in [7, 11) is 0. The molecule has 0 fully saturated rings. The van der Waals surface area contributed by atoms with Gasteiger partial charge in [0.05, 0.1) is 5.25 Å². The number of ketones is 1. The fraction of sp³-hybridized carbons (Fsp3) is 0.273. The lowest BCUT2D eigenvalue weighted by molar-refractivity contribution is -0.116. The van der Waals surface area contributed by atoms with Gasteiger partial charge in [0.25, 0.3) is 0 Å². The molecule has 0 aliphatic heterocycles. The first-order chi connectivity index (χ1) is 7.54. The maximum Gasteiger partial charge on any atom is 0.144 e. The summed E-state index contributed by atoms with van der Waals surface area (Å²) < 4.78 is 0. The fourth-order valence-electron chi connectivity index (χ4n) is 1.23. The van der Waals surface area contributed by atoms with Crippen molar-refractivity contribution in [1.82, 2.24) is 0 Å². The Morgan fingerprint density at radius 3 is 2.81 bits per heavy atom. The zero-order valence-electron chi connectivity index (χ0n) is 8.54. The minimum absolute atomic E-state index is 0.0393. The quantitative estimate of drug-likeness (QED) is 0.786. The molecule has 0 aliphatic rings. The van der Waals surface area contributed by atoms with Crippen LogP contribution in [0.3, 0.4) is 0 Å². The second-order valence-corrected chi connectivity index (χ2v) is 5.08. The highest BCUT2D eigenvalue weighted by molar-refractivity contribution is 8.04. The van der Waals surface area contributed by atoms with Crippen LogP contribution in [-0.4, -0.2) is 11.0 Å². The van der Waals surface area contributed by atoms with Gasteiger partial charge in [-0.05, 0) is 48.9 Å². The third-order valence-corrected chi connectivity index (χ3v) is 3.55. The van der Waals surface area contributed by atoms with Gasteiger partial charge in [-0.1, -0.05) is 23.2 Å². The van der Waals surface area contributed by atoms with Crippen LogP contribution in [0.5, 0.6) is 0 Å². The first kappa shape index (κ1) is 13.4. The predicted octanol–water partition coefficient (Wildman–Crippen LogP) is 3.71.